The number of rotatable bonds is 6. The maximum absolute atomic E-state index is 12.3. The number of amides is 2. The zero-order chi connectivity index (χ0) is 24.0. The monoisotopic (exact) mass is 471 g/mol. The van der Waals surface area contributed by atoms with E-state index in [9.17, 15) is 14.4 Å². The van der Waals surface area contributed by atoms with E-state index in [1.807, 2.05) is 0 Å². The summed E-state index contributed by atoms with van der Waals surface area (Å²) in [5.74, 6) is -1.26. The number of benzene rings is 2. The maximum atomic E-state index is 12.3. The third-order valence-electron chi connectivity index (χ3n) is 4.00. The van der Waals surface area contributed by atoms with E-state index in [2.05, 4.69) is 20.7 Å². The Bertz CT molecular complexity index is 1140. The number of nitrogens with zero attached hydrogens (tertiary/aromatic N) is 3. The number of anilines is 2. The number of esters is 1. The first-order chi connectivity index (χ1) is 15.6. The number of ether oxygens (including phenoxy) is 2. The lowest BCUT2D eigenvalue weighted by Crippen LogP contribution is -2.27. The largest absolute Gasteiger partial charge is 0.452 e. The average Bonchev–Trinajstić information content (AvgIpc) is 3.26. The fourth-order valence-electron chi connectivity index (χ4n) is 2.65. The summed E-state index contributed by atoms with van der Waals surface area (Å²) >= 11 is 6.03. The molecule has 0 atom stereocenters. The Morgan fingerprint density at radius 3 is 2.42 bits per heavy atom. The second-order valence-corrected chi connectivity index (χ2v) is 8.27. The minimum Gasteiger partial charge on any atom is -0.452 e. The van der Waals surface area contributed by atoms with Crippen molar-refractivity contribution in [1.29, 1.82) is 0 Å². The summed E-state index contributed by atoms with van der Waals surface area (Å²) in [6, 6.07) is 10.9. The first-order valence-corrected chi connectivity index (χ1v) is 10.2. The zero-order valence-corrected chi connectivity index (χ0v) is 18.9. The molecular formula is C22H22ClN5O5. The number of hydrogen-bond acceptors (Lipinski definition) is 7. The van der Waals surface area contributed by atoms with Gasteiger partial charge in [0.25, 0.3) is 5.91 Å². The Kier molecular flexibility index (Phi) is 7.29. The number of halogens is 1. The van der Waals surface area contributed by atoms with Crippen molar-refractivity contribution in [3.05, 3.63) is 65.7 Å². The van der Waals surface area contributed by atoms with Gasteiger partial charge >= 0.3 is 12.1 Å². The number of aromatic nitrogens is 3. The van der Waals surface area contributed by atoms with E-state index in [4.69, 9.17) is 21.1 Å². The molecule has 1 heterocycles. The summed E-state index contributed by atoms with van der Waals surface area (Å²) in [5.41, 5.74) is 0.954. The molecule has 33 heavy (non-hydrogen) atoms. The van der Waals surface area contributed by atoms with Crippen LogP contribution in [0.15, 0.2) is 55.1 Å². The molecule has 11 heteroatoms. The van der Waals surface area contributed by atoms with Gasteiger partial charge in [0.1, 0.15) is 18.3 Å². The highest BCUT2D eigenvalue weighted by atomic mass is 35.5. The Morgan fingerprint density at radius 2 is 1.79 bits per heavy atom. The predicted octanol–water partition coefficient (Wildman–Crippen LogP) is 4.06. The number of hydrogen-bond donors (Lipinski definition) is 2. The molecule has 2 amide bonds. The van der Waals surface area contributed by atoms with Gasteiger partial charge in [-0.1, -0.05) is 11.6 Å². The van der Waals surface area contributed by atoms with Crippen LogP contribution in [0.4, 0.5) is 16.2 Å². The lowest BCUT2D eigenvalue weighted by Gasteiger charge is -2.19. The molecule has 3 aromatic rings. The van der Waals surface area contributed by atoms with Crippen LogP contribution >= 0.6 is 11.6 Å². The van der Waals surface area contributed by atoms with Crippen LogP contribution in [0, 0.1) is 0 Å². The topological polar surface area (TPSA) is 124 Å². The molecule has 10 nitrogen and oxygen atoms in total. The molecule has 3 rings (SSSR count). The summed E-state index contributed by atoms with van der Waals surface area (Å²) in [7, 11) is 0. The van der Waals surface area contributed by atoms with E-state index in [-0.39, 0.29) is 5.56 Å². The first-order valence-electron chi connectivity index (χ1n) is 9.82. The van der Waals surface area contributed by atoms with Crippen molar-refractivity contribution in [1.82, 2.24) is 14.8 Å². The molecule has 0 aliphatic carbocycles. The van der Waals surface area contributed by atoms with Gasteiger partial charge in [-0.2, -0.15) is 5.10 Å². The second-order valence-electron chi connectivity index (χ2n) is 7.83. The van der Waals surface area contributed by atoms with Crippen LogP contribution in [0.3, 0.4) is 0 Å². The summed E-state index contributed by atoms with van der Waals surface area (Å²) in [4.78, 5) is 40.3. The Hall–Kier alpha value is -3.92. The van der Waals surface area contributed by atoms with Gasteiger partial charge in [0.05, 0.1) is 16.9 Å². The molecule has 0 spiro atoms. The molecule has 0 radical (unpaired) electrons. The second kappa shape index (κ2) is 10.1. The standard InChI is InChI=1S/C22H22ClN5O5/c1-22(2,3)33-21(31)26-16-7-4-14(5-8-16)20(30)32-11-19(29)27-17-10-15(23)6-9-18(17)28-13-24-12-25-28/h4-10,12-13H,11H2,1-3H3,(H,26,31)(H,27,29). The highest BCUT2D eigenvalue weighted by molar-refractivity contribution is 6.31. The van der Waals surface area contributed by atoms with Gasteiger partial charge in [-0.25, -0.2) is 19.3 Å². The van der Waals surface area contributed by atoms with E-state index in [1.165, 1.54) is 41.6 Å². The lowest BCUT2D eigenvalue weighted by atomic mass is 10.2. The zero-order valence-electron chi connectivity index (χ0n) is 18.2. The minimum absolute atomic E-state index is 0.212. The van der Waals surface area contributed by atoms with Crippen LogP contribution in [-0.2, 0) is 14.3 Å². The smallest absolute Gasteiger partial charge is 0.412 e. The number of carbonyl (C=O) groups is 3. The van der Waals surface area contributed by atoms with E-state index in [0.29, 0.717) is 22.1 Å². The van der Waals surface area contributed by atoms with Crippen LogP contribution < -0.4 is 10.6 Å². The van der Waals surface area contributed by atoms with E-state index >= 15 is 0 Å². The van der Waals surface area contributed by atoms with Crippen molar-refractivity contribution < 1.29 is 23.9 Å². The molecule has 0 saturated carbocycles. The van der Waals surface area contributed by atoms with Crippen LogP contribution in [0.1, 0.15) is 31.1 Å². The van der Waals surface area contributed by atoms with Gasteiger partial charge in [-0.15, -0.1) is 0 Å². The Labute approximate surface area is 194 Å². The Morgan fingerprint density at radius 1 is 1.06 bits per heavy atom. The van der Waals surface area contributed by atoms with Gasteiger partial charge in [0.2, 0.25) is 0 Å². The van der Waals surface area contributed by atoms with Crippen LogP contribution in [-0.4, -0.2) is 44.9 Å². The molecule has 2 N–H and O–H groups in total. The quantitative estimate of drug-likeness (QED) is 0.519. The minimum atomic E-state index is -0.698. The van der Waals surface area contributed by atoms with Gasteiger partial charge in [0, 0.05) is 10.7 Å². The maximum Gasteiger partial charge on any atom is 0.412 e. The van der Waals surface area contributed by atoms with Crippen LogP contribution in [0.25, 0.3) is 5.69 Å². The fourth-order valence-corrected chi connectivity index (χ4v) is 2.82. The predicted molar refractivity (Wildman–Crippen MR) is 122 cm³/mol. The summed E-state index contributed by atoms with van der Waals surface area (Å²) in [5, 5.41) is 9.65. The van der Waals surface area contributed by atoms with Gasteiger partial charge < -0.3 is 14.8 Å². The molecule has 0 aliphatic heterocycles. The molecule has 172 valence electrons. The normalized spacial score (nSPS) is 10.9. The molecule has 0 fully saturated rings. The molecule has 2 aromatic carbocycles. The van der Waals surface area contributed by atoms with E-state index < -0.39 is 30.2 Å². The Balaban J connectivity index is 1.55. The molecule has 0 bridgehead atoms. The van der Waals surface area contributed by atoms with E-state index in [0.717, 1.165) is 0 Å². The first kappa shape index (κ1) is 23.7. The lowest BCUT2D eigenvalue weighted by molar-refractivity contribution is -0.119. The fraction of sp³-hybridized carbons (Fsp3) is 0.227. The van der Waals surface area contributed by atoms with Crippen LogP contribution in [0.2, 0.25) is 5.02 Å². The molecule has 0 unspecified atom stereocenters. The number of carbonyl (C=O) groups excluding carboxylic acids is 3. The summed E-state index contributed by atoms with van der Waals surface area (Å²) in [6.45, 7) is 4.75. The van der Waals surface area contributed by atoms with Crippen molar-refractivity contribution in [2.45, 2.75) is 26.4 Å². The summed E-state index contributed by atoms with van der Waals surface area (Å²) in [6.07, 6.45) is 2.22. The van der Waals surface area contributed by atoms with Gasteiger partial charge in [-0.05, 0) is 63.2 Å². The van der Waals surface area contributed by atoms with Crippen molar-refractivity contribution in [2.75, 3.05) is 17.2 Å². The molecular weight excluding hydrogens is 450 g/mol. The third kappa shape index (κ3) is 7.04. The van der Waals surface area contributed by atoms with Gasteiger partial charge in [-0.3, -0.25) is 10.1 Å². The average molecular weight is 472 g/mol. The summed E-state index contributed by atoms with van der Waals surface area (Å²) < 4.78 is 11.7. The van der Waals surface area contributed by atoms with Crippen LogP contribution in [0.5, 0.6) is 0 Å². The molecule has 0 aliphatic rings. The van der Waals surface area contributed by atoms with Crippen molar-refractivity contribution in [3.8, 4) is 5.69 Å². The highest BCUT2D eigenvalue weighted by Crippen LogP contribution is 2.24. The van der Waals surface area contributed by atoms with Crippen molar-refractivity contribution in [3.63, 3.8) is 0 Å². The third-order valence-corrected chi connectivity index (χ3v) is 4.23. The molecule has 0 saturated heterocycles. The number of nitrogens with one attached hydrogen (secondary N) is 2. The van der Waals surface area contributed by atoms with Crippen molar-refractivity contribution in [2.24, 2.45) is 0 Å². The SMILES string of the molecule is CC(C)(C)OC(=O)Nc1ccc(C(=O)OCC(=O)Nc2cc(Cl)ccc2-n2cncn2)cc1. The van der Waals surface area contributed by atoms with Crippen molar-refractivity contribution >= 4 is 40.9 Å². The molecule has 1 aromatic heterocycles. The van der Waals surface area contributed by atoms with Gasteiger partial charge in [0.15, 0.2) is 6.61 Å². The highest BCUT2D eigenvalue weighted by Gasteiger charge is 2.17. The van der Waals surface area contributed by atoms with E-state index in [1.54, 1.807) is 39.0 Å².